The number of carbonyl (C=O) groups excluding carboxylic acids is 1. The summed E-state index contributed by atoms with van der Waals surface area (Å²) in [6.45, 7) is -0.174. The Kier molecular flexibility index (Phi) is 7.07. The van der Waals surface area contributed by atoms with Gasteiger partial charge in [-0.15, -0.1) is 0 Å². The van der Waals surface area contributed by atoms with Gasteiger partial charge in [-0.05, 0) is 54.1 Å². The number of anilines is 1. The van der Waals surface area contributed by atoms with Crippen molar-refractivity contribution in [3.05, 3.63) is 83.4 Å². The van der Waals surface area contributed by atoms with Crippen LogP contribution < -0.4 is 26.3 Å². The summed E-state index contributed by atoms with van der Waals surface area (Å²) in [6.07, 6.45) is -4.47. The molecule has 1 amide bonds. The number of aliphatic imine (C=N–C) groups is 1. The van der Waals surface area contributed by atoms with Crippen molar-refractivity contribution in [1.29, 1.82) is 0 Å². The fourth-order valence-corrected chi connectivity index (χ4v) is 2.88. The van der Waals surface area contributed by atoms with Crippen LogP contribution in [0.1, 0.15) is 21.5 Å². The zero-order valence-corrected chi connectivity index (χ0v) is 17.5. The molecule has 0 aliphatic heterocycles. The summed E-state index contributed by atoms with van der Waals surface area (Å²) in [5.41, 5.74) is 11.5. The number of hydrogen-bond donors (Lipinski definition) is 3. The Morgan fingerprint density at radius 2 is 1.76 bits per heavy atom. The van der Waals surface area contributed by atoms with Crippen molar-refractivity contribution in [2.75, 3.05) is 12.4 Å². The Morgan fingerprint density at radius 1 is 1.03 bits per heavy atom. The number of hydrogen-bond acceptors (Lipinski definition) is 4. The van der Waals surface area contributed by atoms with Crippen molar-refractivity contribution in [3.8, 4) is 11.5 Å². The number of nitrogens with two attached hydrogens (primary N) is 2. The van der Waals surface area contributed by atoms with Gasteiger partial charge in [0.1, 0.15) is 23.8 Å². The summed E-state index contributed by atoms with van der Waals surface area (Å²) < 4.78 is 49.7. The molecule has 0 spiro atoms. The molecule has 7 nitrogen and oxygen atoms in total. The Hall–Kier alpha value is -4.21. The number of guanidine groups is 1. The van der Waals surface area contributed by atoms with Gasteiger partial charge in [-0.2, -0.15) is 13.2 Å². The molecule has 172 valence electrons. The van der Waals surface area contributed by atoms with Crippen LogP contribution >= 0.6 is 0 Å². The molecule has 0 saturated heterocycles. The lowest BCUT2D eigenvalue weighted by atomic mass is 10.1. The fraction of sp³-hybridized carbons (Fsp3) is 0.130. The maximum Gasteiger partial charge on any atom is 0.416 e. The SMILES string of the molecule is COc1ccc(C(=O)Nc2ccc(N=C(N)N)c(OCc3cccc(C(F)(F)F)c3)c2)cc1. The summed E-state index contributed by atoms with van der Waals surface area (Å²) in [6, 6.07) is 15.9. The molecule has 0 heterocycles. The number of benzene rings is 3. The second-order valence-electron chi connectivity index (χ2n) is 6.89. The maximum atomic E-state index is 13.0. The summed E-state index contributed by atoms with van der Waals surface area (Å²) in [7, 11) is 1.52. The van der Waals surface area contributed by atoms with Gasteiger partial charge in [-0.1, -0.05) is 12.1 Å². The summed E-state index contributed by atoms with van der Waals surface area (Å²) in [4.78, 5) is 16.5. The number of methoxy groups -OCH3 is 1. The molecule has 10 heteroatoms. The van der Waals surface area contributed by atoms with E-state index in [-0.39, 0.29) is 29.9 Å². The van der Waals surface area contributed by atoms with Gasteiger partial charge in [0.15, 0.2) is 5.96 Å². The van der Waals surface area contributed by atoms with Crippen molar-refractivity contribution < 1.29 is 27.4 Å². The monoisotopic (exact) mass is 458 g/mol. The van der Waals surface area contributed by atoms with Gasteiger partial charge in [-0.3, -0.25) is 4.79 Å². The zero-order valence-electron chi connectivity index (χ0n) is 17.5. The normalized spacial score (nSPS) is 10.9. The first-order chi connectivity index (χ1) is 15.7. The first-order valence-electron chi connectivity index (χ1n) is 9.64. The van der Waals surface area contributed by atoms with Crippen molar-refractivity contribution in [3.63, 3.8) is 0 Å². The number of halogens is 3. The summed E-state index contributed by atoms with van der Waals surface area (Å²) in [5, 5.41) is 2.72. The van der Waals surface area contributed by atoms with Gasteiger partial charge in [-0.25, -0.2) is 4.99 Å². The van der Waals surface area contributed by atoms with E-state index in [0.717, 1.165) is 12.1 Å². The first-order valence-corrected chi connectivity index (χ1v) is 9.64. The number of rotatable bonds is 7. The van der Waals surface area contributed by atoms with Gasteiger partial charge in [0.2, 0.25) is 0 Å². The maximum absolute atomic E-state index is 13.0. The van der Waals surface area contributed by atoms with Crippen LogP contribution in [0.5, 0.6) is 11.5 Å². The largest absolute Gasteiger partial charge is 0.497 e. The molecule has 0 aliphatic carbocycles. The molecular weight excluding hydrogens is 437 g/mol. The third-order valence-corrected chi connectivity index (χ3v) is 4.47. The highest BCUT2D eigenvalue weighted by molar-refractivity contribution is 6.04. The predicted molar refractivity (Wildman–Crippen MR) is 119 cm³/mol. The van der Waals surface area contributed by atoms with E-state index < -0.39 is 11.7 Å². The van der Waals surface area contributed by atoms with E-state index in [2.05, 4.69) is 10.3 Å². The van der Waals surface area contributed by atoms with E-state index in [4.69, 9.17) is 20.9 Å². The third kappa shape index (κ3) is 6.39. The number of alkyl halides is 3. The van der Waals surface area contributed by atoms with E-state index >= 15 is 0 Å². The quantitative estimate of drug-likeness (QED) is 0.358. The highest BCUT2D eigenvalue weighted by atomic mass is 19.4. The smallest absolute Gasteiger partial charge is 0.416 e. The van der Waals surface area contributed by atoms with Crippen LogP contribution in [0.2, 0.25) is 0 Å². The molecule has 0 unspecified atom stereocenters. The van der Waals surface area contributed by atoms with Gasteiger partial charge >= 0.3 is 6.18 Å². The second kappa shape index (κ2) is 9.94. The van der Waals surface area contributed by atoms with Crippen LogP contribution in [0.25, 0.3) is 0 Å². The summed E-state index contributed by atoms with van der Waals surface area (Å²) >= 11 is 0. The molecular formula is C23H21F3N4O3. The molecule has 3 aromatic carbocycles. The van der Waals surface area contributed by atoms with Gasteiger partial charge in [0.25, 0.3) is 5.91 Å². The zero-order chi connectivity index (χ0) is 24.0. The number of amides is 1. The molecule has 5 N–H and O–H groups in total. The Morgan fingerprint density at radius 3 is 2.39 bits per heavy atom. The lowest BCUT2D eigenvalue weighted by Gasteiger charge is -2.13. The first kappa shape index (κ1) is 23.5. The molecule has 0 fully saturated rings. The van der Waals surface area contributed by atoms with Crippen molar-refractivity contribution in [2.24, 2.45) is 16.5 Å². The van der Waals surface area contributed by atoms with Crippen LogP contribution in [0.15, 0.2) is 71.7 Å². The number of nitrogens with zero attached hydrogens (tertiary/aromatic N) is 1. The van der Waals surface area contributed by atoms with Crippen LogP contribution in [-0.2, 0) is 12.8 Å². The standard InChI is InChI=1S/C23H21F3N4O3/c1-32-18-8-5-15(6-9-18)21(31)29-17-7-10-19(30-22(27)28)20(12-17)33-13-14-3-2-4-16(11-14)23(24,25)26/h2-12H,13H2,1H3,(H,29,31)(H4,27,28,30). The van der Waals surface area contributed by atoms with E-state index in [1.54, 1.807) is 30.3 Å². The number of nitrogens with one attached hydrogen (secondary N) is 1. The van der Waals surface area contributed by atoms with E-state index in [9.17, 15) is 18.0 Å². The van der Waals surface area contributed by atoms with E-state index in [1.165, 1.54) is 31.4 Å². The van der Waals surface area contributed by atoms with Crippen LogP contribution in [0.3, 0.4) is 0 Å². The average molecular weight is 458 g/mol. The molecule has 0 aromatic heterocycles. The van der Waals surface area contributed by atoms with Gasteiger partial charge < -0.3 is 26.3 Å². The van der Waals surface area contributed by atoms with Crippen LogP contribution in [0, 0.1) is 0 Å². The van der Waals surface area contributed by atoms with E-state index in [0.29, 0.717) is 22.6 Å². The molecule has 0 bridgehead atoms. The van der Waals surface area contributed by atoms with Gasteiger partial charge in [0, 0.05) is 17.3 Å². The molecule has 0 saturated carbocycles. The Labute approximate surface area is 187 Å². The van der Waals surface area contributed by atoms with Crippen molar-refractivity contribution in [2.45, 2.75) is 12.8 Å². The second-order valence-corrected chi connectivity index (χ2v) is 6.89. The molecule has 0 aliphatic rings. The third-order valence-electron chi connectivity index (χ3n) is 4.47. The molecule has 3 aromatic rings. The minimum atomic E-state index is -4.47. The molecule has 33 heavy (non-hydrogen) atoms. The minimum absolute atomic E-state index is 0.174. The predicted octanol–water partition coefficient (Wildman–Crippen LogP) is 4.45. The fourth-order valence-electron chi connectivity index (χ4n) is 2.88. The van der Waals surface area contributed by atoms with Gasteiger partial charge in [0.05, 0.1) is 12.7 Å². The molecule has 0 atom stereocenters. The lowest BCUT2D eigenvalue weighted by molar-refractivity contribution is -0.137. The average Bonchev–Trinajstić information content (AvgIpc) is 2.78. The lowest BCUT2D eigenvalue weighted by Crippen LogP contribution is -2.22. The Bertz CT molecular complexity index is 1160. The highest BCUT2D eigenvalue weighted by Gasteiger charge is 2.30. The minimum Gasteiger partial charge on any atom is -0.497 e. The Balaban J connectivity index is 1.81. The number of ether oxygens (including phenoxy) is 2. The van der Waals surface area contributed by atoms with Crippen molar-refractivity contribution >= 4 is 23.2 Å². The van der Waals surface area contributed by atoms with Crippen molar-refractivity contribution in [1.82, 2.24) is 0 Å². The van der Waals surface area contributed by atoms with Crippen LogP contribution in [-0.4, -0.2) is 19.0 Å². The molecule has 3 rings (SSSR count). The number of carbonyl (C=O) groups is 1. The van der Waals surface area contributed by atoms with Crippen LogP contribution in [0.4, 0.5) is 24.5 Å². The molecule has 0 radical (unpaired) electrons. The highest BCUT2D eigenvalue weighted by Crippen LogP contribution is 2.33. The summed E-state index contributed by atoms with van der Waals surface area (Å²) in [5.74, 6) is 0.178. The topological polar surface area (TPSA) is 112 Å². The van der Waals surface area contributed by atoms with E-state index in [1.807, 2.05) is 0 Å².